The smallest absolute Gasteiger partial charge is 0.404 e. The van der Waals surface area contributed by atoms with Crippen LogP contribution < -0.4 is 5.32 Å². The first-order valence-electron chi connectivity index (χ1n) is 2.60. The standard InChI is InChI=1S/C5H9NO3.4ClH/c1-4(2-3-7)6-5(8)9;;;;/h3-4,6H,2H2,1H3,(H,8,9);4*1H. The van der Waals surface area contributed by atoms with Gasteiger partial charge in [-0.1, -0.05) is 0 Å². The van der Waals surface area contributed by atoms with Crippen molar-refractivity contribution in [1.29, 1.82) is 0 Å². The van der Waals surface area contributed by atoms with Gasteiger partial charge in [0.25, 0.3) is 0 Å². The maximum Gasteiger partial charge on any atom is 0.404 e. The third-order valence-electron chi connectivity index (χ3n) is 0.820. The summed E-state index contributed by atoms with van der Waals surface area (Å²) in [5.41, 5.74) is 0. The van der Waals surface area contributed by atoms with Gasteiger partial charge in [0.2, 0.25) is 0 Å². The van der Waals surface area contributed by atoms with Gasteiger partial charge in [0.15, 0.2) is 0 Å². The largest absolute Gasteiger partial charge is 0.465 e. The van der Waals surface area contributed by atoms with E-state index >= 15 is 0 Å². The summed E-state index contributed by atoms with van der Waals surface area (Å²) < 4.78 is 0. The van der Waals surface area contributed by atoms with Crippen LogP contribution in [0.25, 0.3) is 0 Å². The second-order valence-electron chi connectivity index (χ2n) is 1.75. The Morgan fingerprint density at radius 1 is 1.38 bits per heavy atom. The summed E-state index contributed by atoms with van der Waals surface area (Å²) in [6.07, 6.45) is -0.184. The van der Waals surface area contributed by atoms with Gasteiger partial charge in [0.1, 0.15) is 6.29 Å². The van der Waals surface area contributed by atoms with Crippen LogP contribution in [0, 0.1) is 0 Å². The normalized spacial score (nSPS) is 8.38. The molecule has 13 heavy (non-hydrogen) atoms. The second-order valence-corrected chi connectivity index (χ2v) is 1.75. The molecule has 0 fully saturated rings. The number of halogens is 4. The molecule has 0 saturated carbocycles. The molecule has 0 saturated heterocycles. The molecule has 0 aromatic rings. The van der Waals surface area contributed by atoms with Crippen molar-refractivity contribution in [3.05, 3.63) is 0 Å². The quantitative estimate of drug-likeness (QED) is 0.774. The van der Waals surface area contributed by atoms with Crippen molar-refractivity contribution >= 4 is 62.0 Å². The Kier molecular flexibility index (Phi) is 40.5. The molecule has 0 aliphatic rings. The molecule has 0 aliphatic carbocycles. The zero-order chi connectivity index (χ0) is 7.28. The maximum absolute atomic E-state index is 9.86. The van der Waals surface area contributed by atoms with E-state index in [4.69, 9.17) is 5.11 Å². The molecule has 0 aromatic carbocycles. The Morgan fingerprint density at radius 3 is 2.00 bits per heavy atom. The van der Waals surface area contributed by atoms with Gasteiger partial charge in [-0.2, -0.15) is 0 Å². The predicted octanol–water partition coefficient (Wildman–Crippen LogP) is 1.92. The Morgan fingerprint density at radius 2 is 1.77 bits per heavy atom. The van der Waals surface area contributed by atoms with Crippen molar-refractivity contribution in [2.45, 2.75) is 19.4 Å². The van der Waals surface area contributed by atoms with E-state index in [9.17, 15) is 9.59 Å². The average molecular weight is 277 g/mol. The van der Waals surface area contributed by atoms with E-state index in [1.165, 1.54) is 0 Å². The van der Waals surface area contributed by atoms with Crippen LogP contribution in [-0.2, 0) is 4.79 Å². The fraction of sp³-hybridized carbons (Fsp3) is 0.600. The summed E-state index contributed by atoms with van der Waals surface area (Å²) in [6.45, 7) is 1.63. The Balaban J connectivity index is -0.0000000533. The fourth-order valence-corrected chi connectivity index (χ4v) is 0.414. The summed E-state index contributed by atoms with van der Waals surface area (Å²) in [5, 5.41) is 10.2. The Labute approximate surface area is 101 Å². The van der Waals surface area contributed by atoms with Crippen LogP contribution in [0.2, 0.25) is 0 Å². The molecule has 0 bridgehead atoms. The number of hydrogen-bond donors (Lipinski definition) is 2. The van der Waals surface area contributed by atoms with Gasteiger partial charge in [-0.3, -0.25) is 0 Å². The lowest BCUT2D eigenvalue weighted by Crippen LogP contribution is -2.31. The number of carbonyl (C=O) groups excluding carboxylic acids is 1. The second kappa shape index (κ2) is 18.0. The monoisotopic (exact) mass is 275 g/mol. The van der Waals surface area contributed by atoms with E-state index in [0.717, 1.165) is 0 Å². The number of rotatable bonds is 3. The molecule has 1 atom stereocenters. The Hall–Kier alpha value is 0.1000. The molecule has 0 spiro atoms. The molecule has 1 unspecified atom stereocenters. The van der Waals surface area contributed by atoms with Crippen molar-refractivity contribution in [2.24, 2.45) is 0 Å². The maximum atomic E-state index is 9.86. The van der Waals surface area contributed by atoms with Gasteiger partial charge in [0, 0.05) is 12.5 Å². The van der Waals surface area contributed by atoms with Gasteiger partial charge in [-0.05, 0) is 6.92 Å². The highest BCUT2D eigenvalue weighted by molar-refractivity contribution is 5.86. The Bertz CT molecular complexity index is 124. The van der Waals surface area contributed by atoms with Gasteiger partial charge < -0.3 is 15.2 Å². The summed E-state index contributed by atoms with van der Waals surface area (Å²) in [7, 11) is 0. The summed E-state index contributed by atoms with van der Waals surface area (Å²) in [5.74, 6) is 0. The summed E-state index contributed by atoms with van der Waals surface area (Å²) in [4.78, 5) is 19.6. The van der Waals surface area contributed by atoms with E-state index in [0.29, 0.717) is 6.29 Å². The summed E-state index contributed by atoms with van der Waals surface area (Å²) >= 11 is 0. The zero-order valence-electron chi connectivity index (χ0n) is 6.76. The van der Waals surface area contributed by atoms with Gasteiger partial charge in [0.05, 0.1) is 0 Å². The topological polar surface area (TPSA) is 66.4 Å². The highest BCUT2D eigenvalue weighted by Gasteiger charge is 2.01. The van der Waals surface area contributed by atoms with Gasteiger partial charge in [-0.15, -0.1) is 49.6 Å². The van der Waals surface area contributed by atoms with Crippen molar-refractivity contribution in [2.75, 3.05) is 0 Å². The molecule has 1 amide bonds. The van der Waals surface area contributed by atoms with Gasteiger partial charge in [-0.25, -0.2) is 4.79 Å². The number of carbonyl (C=O) groups is 2. The van der Waals surface area contributed by atoms with Crippen LogP contribution in [0.3, 0.4) is 0 Å². The van der Waals surface area contributed by atoms with Crippen LogP contribution in [-0.4, -0.2) is 23.5 Å². The first-order chi connectivity index (χ1) is 4.16. The van der Waals surface area contributed by atoms with Crippen molar-refractivity contribution in [3.8, 4) is 0 Å². The van der Waals surface area contributed by atoms with Gasteiger partial charge >= 0.3 is 6.09 Å². The molecule has 0 aliphatic heterocycles. The first-order valence-corrected chi connectivity index (χ1v) is 2.60. The van der Waals surface area contributed by atoms with E-state index < -0.39 is 6.09 Å². The van der Waals surface area contributed by atoms with Crippen molar-refractivity contribution < 1.29 is 14.7 Å². The number of hydrogen-bond acceptors (Lipinski definition) is 2. The first kappa shape index (κ1) is 29.2. The number of nitrogens with one attached hydrogen (secondary N) is 1. The molecule has 0 aromatic heterocycles. The van der Waals surface area contributed by atoms with E-state index in [1.807, 2.05) is 0 Å². The van der Waals surface area contributed by atoms with E-state index in [1.54, 1.807) is 6.92 Å². The SMILES string of the molecule is CC(CC=O)NC(=O)O.Cl.Cl.Cl.Cl. The molecule has 4 nitrogen and oxygen atoms in total. The van der Waals surface area contributed by atoms with Crippen LogP contribution in [0.4, 0.5) is 4.79 Å². The molecular weight excluding hydrogens is 264 g/mol. The minimum absolute atomic E-state index is 0. The van der Waals surface area contributed by atoms with Crippen molar-refractivity contribution in [1.82, 2.24) is 5.32 Å². The molecule has 8 heteroatoms. The third-order valence-corrected chi connectivity index (χ3v) is 0.820. The lowest BCUT2D eigenvalue weighted by molar-refractivity contribution is -0.108. The molecule has 0 radical (unpaired) electrons. The highest BCUT2D eigenvalue weighted by Crippen LogP contribution is 1.83. The van der Waals surface area contributed by atoms with E-state index in [-0.39, 0.29) is 62.1 Å². The van der Waals surface area contributed by atoms with E-state index in [2.05, 4.69) is 5.32 Å². The molecule has 2 N–H and O–H groups in total. The predicted molar refractivity (Wildman–Crippen MR) is 60.3 cm³/mol. The van der Waals surface area contributed by atoms with Crippen LogP contribution in [0.1, 0.15) is 13.3 Å². The molecule has 0 rings (SSSR count). The zero-order valence-corrected chi connectivity index (χ0v) is 10.0. The average Bonchev–Trinajstić information content (AvgIpc) is 1.63. The molecule has 0 heterocycles. The van der Waals surface area contributed by atoms with Crippen LogP contribution in [0.15, 0.2) is 0 Å². The molecule has 84 valence electrons. The number of aldehydes is 1. The van der Waals surface area contributed by atoms with Crippen LogP contribution >= 0.6 is 49.6 Å². The summed E-state index contributed by atoms with van der Waals surface area (Å²) in [6, 6.07) is -0.278. The fourth-order valence-electron chi connectivity index (χ4n) is 0.414. The molecular formula is C5H13Cl4NO3. The lowest BCUT2D eigenvalue weighted by atomic mass is 10.3. The number of amides is 1. The lowest BCUT2D eigenvalue weighted by Gasteiger charge is -2.04. The minimum atomic E-state index is -1.09. The highest BCUT2D eigenvalue weighted by atomic mass is 35.5. The number of carboxylic acid groups (broad SMARTS) is 1. The van der Waals surface area contributed by atoms with Crippen molar-refractivity contribution in [3.63, 3.8) is 0 Å². The third kappa shape index (κ3) is 24.5. The van der Waals surface area contributed by atoms with Crippen LogP contribution in [0.5, 0.6) is 0 Å². The minimum Gasteiger partial charge on any atom is -0.465 e.